The number of phenolic OH excluding ortho intramolecular Hbond substituents is 2. The smallest absolute Gasteiger partial charge is 0.342 e. The third-order valence-electron chi connectivity index (χ3n) is 3.45. The van der Waals surface area contributed by atoms with Gasteiger partial charge in [0.25, 0.3) is 0 Å². The fourth-order valence-electron chi connectivity index (χ4n) is 2.43. The minimum absolute atomic E-state index is 0.00824. The number of hydrogen-bond donors (Lipinski definition) is 2. The number of carbonyl (C=O) groups excluding carboxylic acids is 2. The Balaban J connectivity index is 2.57. The van der Waals surface area contributed by atoms with Crippen molar-refractivity contribution in [3.8, 4) is 11.5 Å². The van der Waals surface area contributed by atoms with Crippen molar-refractivity contribution in [2.75, 3.05) is 7.11 Å². The molecular weight excluding hydrogens is 304 g/mol. The number of hydrogen-bond acceptors (Lipinski definition) is 7. The van der Waals surface area contributed by atoms with E-state index in [1.807, 2.05) is 0 Å². The molecule has 0 atom stereocenters. The number of aldehydes is 1. The lowest BCUT2D eigenvalue weighted by Crippen LogP contribution is -2.11. The molecule has 0 aliphatic heterocycles. The van der Waals surface area contributed by atoms with E-state index < -0.39 is 22.9 Å². The fourth-order valence-corrected chi connectivity index (χ4v) is 2.43. The average molecular weight is 314 g/mol. The Morgan fingerprint density at radius 1 is 1.13 bits per heavy atom. The molecule has 0 amide bonds. The molecular formula is C16H10O7. The van der Waals surface area contributed by atoms with E-state index in [0.717, 1.165) is 13.2 Å². The van der Waals surface area contributed by atoms with E-state index in [0.29, 0.717) is 6.29 Å². The van der Waals surface area contributed by atoms with Crippen LogP contribution in [0.1, 0.15) is 20.7 Å². The Kier molecular flexibility index (Phi) is 3.25. The second-order valence-electron chi connectivity index (χ2n) is 4.79. The monoisotopic (exact) mass is 314 g/mol. The summed E-state index contributed by atoms with van der Waals surface area (Å²) in [6.45, 7) is 0. The van der Waals surface area contributed by atoms with Crippen molar-refractivity contribution in [2.45, 2.75) is 0 Å². The quantitative estimate of drug-likeness (QED) is 0.422. The van der Waals surface area contributed by atoms with Crippen LogP contribution in [0.2, 0.25) is 0 Å². The first-order chi connectivity index (χ1) is 11.0. The molecule has 7 nitrogen and oxygen atoms in total. The molecule has 0 saturated carbocycles. The van der Waals surface area contributed by atoms with Crippen LogP contribution in [0.4, 0.5) is 0 Å². The Morgan fingerprint density at radius 2 is 1.87 bits per heavy atom. The summed E-state index contributed by atoms with van der Waals surface area (Å²) in [5, 5.41) is 19.4. The van der Waals surface area contributed by atoms with Gasteiger partial charge in [0.15, 0.2) is 0 Å². The van der Waals surface area contributed by atoms with Gasteiger partial charge in [-0.2, -0.15) is 0 Å². The van der Waals surface area contributed by atoms with Crippen molar-refractivity contribution >= 4 is 34.2 Å². The highest BCUT2D eigenvalue weighted by Crippen LogP contribution is 2.31. The summed E-state index contributed by atoms with van der Waals surface area (Å²) in [5.41, 5.74) is -0.925. The predicted octanol–water partition coefficient (Wildman–Crippen LogP) is 1.96. The van der Waals surface area contributed by atoms with Gasteiger partial charge >= 0.3 is 5.97 Å². The Morgan fingerprint density at radius 3 is 2.52 bits per heavy atom. The van der Waals surface area contributed by atoms with Crippen LogP contribution in [0, 0.1) is 0 Å². The number of rotatable bonds is 2. The lowest BCUT2D eigenvalue weighted by molar-refractivity contribution is 0.0599. The standard InChI is InChI=1S/C16H10O7/c1-22-16(21)13-8(18)2-3-10-14(13)15(20)12-9(19)4-7(6-17)5-11(12)23-10/h2-6,18-19H,1H3. The largest absolute Gasteiger partial charge is 0.507 e. The minimum Gasteiger partial charge on any atom is -0.507 e. The van der Waals surface area contributed by atoms with Crippen molar-refractivity contribution in [2.24, 2.45) is 0 Å². The predicted molar refractivity (Wildman–Crippen MR) is 80.0 cm³/mol. The zero-order valence-corrected chi connectivity index (χ0v) is 11.8. The van der Waals surface area contributed by atoms with E-state index in [1.54, 1.807) is 0 Å². The fraction of sp³-hybridized carbons (Fsp3) is 0.0625. The molecule has 2 aromatic carbocycles. The summed E-state index contributed by atoms with van der Waals surface area (Å²) in [7, 11) is 1.11. The summed E-state index contributed by atoms with van der Waals surface area (Å²) in [5.74, 6) is -1.82. The molecule has 7 heteroatoms. The van der Waals surface area contributed by atoms with Gasteiger partial charge in [-0.3, -0.25) is 9.59 Å². The van der Waals surface area contributed by atoms with Crippen LogP contribution in [0.25, 0.3) is 21.9 Å². The van der Waals surface area contributed by atoms with Gasteiger partial charge in [0.1, 0.15) is 39.9 Å². The number of aromatic hydroxyl groups is 2. The highest BCUT2D eigenvalue weighted by molar-refractivity contribution is 6.08. The number of esters is 1. The van der Waals surface area contributed by atoms with E-state index in [-0.39, 0.29) is 33.1 Å². The van der Waals surface area contributed by atoms with E-state index in [1.165, 1.54) is 18.2 Å². The SMILES string of the molecule is COC(=O)c1c(O)ccc2oc3cc(C=O)cc(O)c3c(=O)c12. The lowest BCUT2D eigenvalue weighted by Gasteiger charge is -2.08. The van der Waals surface area contributed by atoms with Crippen molar-refractivity contribution in [1.82, 2.24) is 0 Å². The molecule has 1 aromatic heterocycles. The highest BCUT2D eigenvalue weighted by Gasteiger charge is 2.22. The summed E-state index contributed by atoms with van der Waals surface area (Å²) in [4.78, 5) is 35.4. The maximum absolute atomic E-state index is 12.7. The number of methoxy groups -OCH3 is 1. The molecule has 0 radical (unpaired) electrons. The second kappa shape index (κ2) is 5.13. The van der Waals surface area contributed by atoms with Crippen LogP contribution in [0.3, 0.4) is 0 Å². The first-order valence-electron chi connectivity index (χ1n) is 6.47. The zero-order chi connectivity index (χ0) is 16.7. The molecule has 0 unspecified atom stereocenters. The van der Waals surface area contributed by atoms with Gasteiger partial charge in [-0.05, 0) is 24.3 Å². The highest BCUT2D eigenvalue weighted by atomic mass is 16.5. The van der Waals surface area contributed by atoms with Gasteiger partial charge in [-0.1, -0.05) is 0 Å². The number of fused-ring (bicyclic) bond motifs is 2. The molecule has 0 aliphatic rings. The van der Waals surface area contributed by atoms with E-state index in [9.17, 15) is 24.6 Å². The number of benzene rings is 2. The molecule has 116 valence electrons. The number of ether oxygens (including phenoxy) is 1. The van der Waals surface area contributed by atoms with Crippen LogP contribution in [0.15, 0.2) is 33.5 Å². The molecule has 0 fully saturated rings. The van der Waals surface area contributed by atoms with Crippen molar-refractivity contribution in [3.05, 3.63) is 45.6 Å². The minimum atomic E-state index is -0.913. The molecule has 3 aromatic rings. The first kappa shape index (κ1) is 14.6. The number of phenols is 2. The van der Waals surface area contributed by atoms with Crippen LogP contribution >= 0.6 is 0 Å². The van der Waals surface area contributed by atoms with Crippen LogP contribution in [-0.2, 0) is 4.74 Å². The average Bonchev–Trinajstić information content (AvgIpc) is 2.54. The van der Waals surface area contributed by atoms with E-state index >= 15 is 0 Å². The van der Waals surface area contributed by atoms with Crippen molar-refractivity contribution in [1.29, 1.82) is 0 Å². The second-order valence-corrected chi connectivity index (χ2v) is 4.79. The van der Waals surface area contributed by atoms with Gasteiger partial charge < -0.3 is 19.4 Å². The Hall–Kier alpha value is -3.35. The van der Waals surface area contributed by atoms with Gasteiger partial charge in [0, 0.05) is 5.56 Å². The molecule has 3 rings (SSSR count). The van der Waals surface area contributed by atoms with Gasteiger partial charge in [0.2, 0.25) is 5.43 Å². The van der Waals surface area contributed by atoms with Gasteiger partial charge in [-0.25, -0.2) is 4.79 Å². The Labute approximate surface area is 128 Å². The molecule has 0 aliphatic carbocycles. The van der Waals surface area contributed by atoms with Crippen LogP contribution in [0.5, 0.6) is 11.5 Å². The van der Waals surface area contributed by atoms with E-state index in [4.69, 9.17) is 4.42 Å². The maximum atomic E-state index is 12.7. The summed E-state index contributed by atoms with van der Waals surface area (Å²) < 4.78 is 10.1. The molecule has 2 N–H and O–H groups in total. The third-order valence-corrected chi connectivity index (χ3v) is 3.45. The normalized spacial score (nSPS) is 10.8. The summed E-state index contributed by atoms with van der Waals surface area (Å²) in [6.07, 6.45) is 0.500. The van der Waals surface area contributed by atoms with E-state index in [2.05, 4.69) is 4.74 Å². The third kappa shape index (κ3) is 2.10. The number of carbonyl (C=O) groups is 2. The molecule has 23 heavy (non-hydrogen) atoms. The van der Waals surface area contributed by atoms with Crippen LogP contribution in [-0.4, -0.2) is 29.6 Å². The molecule has 1 heterocycles. The molecule has 0 spiro atoms. The first-order valence-corrected chi connectivity index (χ1v) is 6.47. The zero-order valence-electron chi connectivity index (χ0n) is 11.8. The van der Waals surface area contributed by atoms with Crippen LogP contribution < -0.4 is 5.43 Å². The van der Waals surface area contributed by atoms with Crippen molar-refractivity contribution < 1.29 is 29.0 Å². The summed E-state index contributed by atoms with van der Waals surface area (Å²) >= 11 is 0. The van der Waals surface area contributed by atoms with Gasteiger partial charge in [-0.15, -0.1) is 0 Å². The van der Waals surface area contributed by atoms with Crippen molar-refractivity contribution in [3.63, 3.8) is 0 Å². The van der Waals surface area contributed by atoms with Gasteiger partial charge in [0.05, 0.1) is 12.5 Å². The topological polar surface area (TPSA) is 114 Å². The Bertz CT molecular complexity index is 1030. The lowest BCUT2D eigenvalue weighted by atomic mass is 10.0. The summed E-state index contributed by atoms with van der Waals surface area (Å²) in [6, 6.07) is 4.90. The maximum Gasteiger partial charge on any atom is 0.342 e. The molecule has 0 saturated heterocycles. The molecule has 0 bridgehead atoms.